The summed E-state index contributed by atoms with van der Waals surface area (Å²) in [5, 5.41) is 3.41. The van der Waals surface area contributed by atoms with Crippen LogP contribution in [0, 0.1) is 5.92 Å². The van der Waals surface area contributed by atoms with Gasteiger partial charge in [0.05, 0.1) is 4.34 Å². The molecule has 0 saturated carbocycles. The minimum Gasteiger partial charge on any atom is -0.312 e. The van der Waals surface area contributed by atoms with Gasteiger partial charge >= 0.3 is 0 Å². The molecule has 18 heavy (non-hydrogen) atoms. The van der Waals surface area contributed by atoms with E-state index in [9.17, 15) is 8.42 Å². The van der Waals surface area contributed by atoms with E-state index in [0.717, 1.165) is 30.7 Å². The molecule has 0 radical (unpaired) electrons. The van der Waals surface area contributed by atoms with Crippen molar-refractivity contribution in [2.75, 3.05) is 19.6 Å². The third-order valence-electron chi connectivity index (χ3n) is 3.71. The van der Waals surface area contributed by atoms with Crippen LogP contribution in [0.15, 0.2) is 16.3 Å². The van der Waals surface area contributed by atoms with E-state index in [0.29, 0.717) is 33.6 Å². The van der Waals surface area contributed by atoms with Gasteiger partial charge in [-0.3, -0.25) is 0 Å². The molecule has 0 aliphatic carbocycles. The van der Waals surface area contributed by atoms with Crippen LogP contribution in [0.25, 0.3) is 0 Å². The first-order valence-electron chi connectivity index (χ1n) is 6.06. The van der Waals surface area contributed by atoms with E-state index in [1.807, 2.05) is 0 Å². The van der Waals surface area contributed by atoms with Gasteiger partial charge in [-0.05, 0) is 37.4 Å². The van der Waals surface area contributed by atoms with Crippen molar-refractivity contribution in [2.24, 2.45) is 5.92 Å². The standard InChI is InChI=1S/C11H15ClN2O2S2/c12-10-3-4-11(17-10)18(15,16)14-6-8-2-1-5-13-9(8)7-14/h3-4,8-9,13H,1-2,5-7H2/t8-,9+/m0/s1. The maximum atomic E-state index is 12.4. The monoisotopic (exact) mass is 306 g/mol. The minimum absolute atomic E-state index is 0.323. The van der Waals surface area contributed by atoms with Crippen LogP contribution in [0.1, 0.15) is 12.8 Å². The number of rotatable bonds is 2. The van der Waals surface area contributed by atoms with E-state index in [4.69, 9.17) is 11.6 Å². The molecule has 3 rings (SSSR count). The van der Waals surface area contributed by atoms with Crippen molar-refractivity contribution in [3.63, 3.8) is 0 Å². The van der Waals surface area contributed by atoms with Crippen molar-refractivity contribution < 1.29 is 8.42 Å². The van der Waals surface area contributed by atoms with Crippen molar-refractivity contribution in [2.45, 2.75) is 23.1 Å². The molecule has 0 amide bonds. The number of nitrogens with zero attached hydrogens (tertiary/aromatic N) is 1. The molecule has 100 valence electrons. The summed E-state index contributed by atoms with van der Waals surface area (Å²) < 4.78 is 27.4. The van der Waals surface area contributed by atoms with Gasteiger partial charge in [0.2, 0.25) is 0 Å². The molecule has 4 nitrogen and oxygen atoms in total. The summed E-state index contributed by atoms with van der Waals surface area (Å²) in [7, 11) is -3.35. The second kappa shape index (κ2) is 4.76. The van der Waals surface area contributed by atoms with Crippen LogP contribution in [0.4, 0.5) is 0 Å². The number of fused-ring (bicyclic) bond motifs is 1. The molecule has 0 aromatic carbocycles. The smallest absolute Gasteiger partial charge is 0.252 e. The Kier molecular flexibility index (Phi) is 3.40. The summed E-state index contributed by atoms with van der Waals surface area (Å²) in [5.74, 6) is 0.462. The fourth-order valence-electron chi connectivity index (χ4n) is 2.77. The van der Waals surface area contributed by atoms with E-state index >= 15 is 0 Å². The molecule has 2 aliphatic rings. The van der Waals surface area contributed by atoms with Crippen molar-refractivity contribution in [1.29, 1.82) is 0 Å². The average molecular weight is 307 g/mol. The molecule has 3 heterocycles. The van der Waals surface area contributed by atoms with Crippen LogP contribution in [0.2, 0.25) is 4.34 Å². The van der Waals surface area contributed by atoms with Gasteiger partial charge in [0.1, 0.15) is 4.21 Å². The van der Waals surface area contributed by atoms with Gasteiger partial charge in [-0.15, -0.1) is 11.3 Å². The Morgan fingerprint density at radius 3 is 2.89 bits per heavy atom. The van der Waals surface area contributed by atoms with Gasteiger partial charge < -0.3 is 5.32 Å². The van der Waals surface area contributed by atoms with E-state index in [-0.39, 0.29) is 0 Å². The predicted molar refractivity (Wildman–Crippen MR) is 72.6 cm³/mol. The molecule has 0 spiro atoms. The summed E-state index contributed by atoms with van der Waals surface area (Å²) in [6, 6.07) is 3.56. The average Bonchev–Trinajstić information content (AvgIpc) is 2.94. The molecule has 0 bridgehead atoms. The first-order chi connectivity index (χ1) is 8.57. The van der Waals surface area contributed by atoms with E-state index in [2.05, 4.69) is 5.32 Å². The van der Waals surface area contributed by atoms with Gasteiger partial charge in [0.25, 0.3) is 10.0 Å². The summed E-state index contributed by atoms with van der Waals surface area (Å²) in [5.41, 5.74) is 0. The number of nitrogens with one attached hydrogen (secondary N) is 1. The lowest BCUT2D eigenvalue weighted by Gasteiger charge is -2.24. The molecule has 2 aliphatic heterocycles. The molecule has 1 aromatic heterocycles. The Labute approximate surface area is 116 Å². The zero-order valence-electron chi connectivity index (χ0n) is 9.80. The first kappa shape index (κ1) is 12.9. The van der Waals surface area contributed by atoms with Crippen molar-refractivity contribution in [3.8, 4) is 0 Å². The number of piperidine rings is 1. The van der Waals surface area contributed by atoms with Crippen LogP contribution in [-0.2, 0) is 10.0 Å². The van der Waals surface area contributed by atoms with Crippen molar-refractivity contribution >= 4 is 33.0 Å². The number of halogens is 1. The van der Waals surface area contributed by atoms with E-state index in [1.165, 1.54) is 0 Å². The lowest BCUT2D eigenvalue weighted by molar-refractivity contribution is 0.339. The number of sulfonamides is 1. The van der Waals surface area contributed by atoms with Gasteiger partial charge in [-0.25, -0.2) is 8.42 Å². The van der Waals surface area contributed by atoms with Crippen LogP contribution in [-0.4, -0.2) is 38.4 Å². The molecule has 7 heteroatoms. The lowest BCUT2D eigenvalue weighted by Crippen LogP contribution is -2.41. The second-order valence-corrected chi connectivity index (χ2v) is 8.72. The summed E-state index contributed by atoms with van der Waals surface area (Å²) in [6.07, 6.45) is 2.26. The maximum Gasteiger partial charge on any atom is 0.252 e. The zero-order chi connectivity index (χ0) is 12.8. The van der Waals surface area contributed by atoms with Crippen LogP contribution in [0.3, 0.4) is 0 Å². The molecule has 0 unspecified atom stereocenters. The van der Waals surface area contributed by atoms with Gasteiger partial charge in [-0.1, -0.05) is 11.6 Å². The highest BCUT2D eigenvalue weighted by atomic mass is 35.5. The summed E-state index contributed by atoms with van der Waals surface area (Å²) in [4.78, 5) is 0. The zero-order valence-corrected chi connectivity index (χ0v) is 12.2. The van der Waals surface area contributed by atoms with Crippen LogP contribution in [0.5, 0.6) is 0 Å². The topological polar surface area (TPSA) is 49.4 Å². The highest BCUT2D eigenvalue weighted by Crippen LogP contribution is 2.33. The molecule has 2 saturated heterocycles. The Hall–Kier alpha value is -0.140. The van der Waals surface area contributed by atoms with E-state index in [1.54, 1.807) is 16.4 Å². The Morgan fingerprint density at radius 1 is 1.39 bits per heavy atom. The van der Waals surface area contributed by atoms with Crippen LogP contribution < -0.4 is 5.32 Å². The Morgan fingerprint density at radius 2 is 2.22 bits per heavy atom. The fourth-order valence-corrected chi connectivity index (χ4v) is 5.93. The number of thiophene rings is 1. The molecule has 2 fully saturated rings. The second-order valence-electron chi connectivity index (χ2n) is 4.84. The third-order valence-corrected chi connectivity index (χ3v) is 7.24. The molecule has 2 atom stereocenters. The Balaban J connectivity index is 1.83. The molecular formula is C11H15ClN2O2S2. The van der Waals surface area contributed by atoms with Gasteiger partial charge in [-0.2, -0.15) is 4.31 Å². The van der Waals surface area contributed by atoms with Gasteiger partial charge in [0.15, 0.2) is 0 Å². The molecular weight excluding hydrogens is 292 g/mol. The number of hydrogen-bond donors (Lipinski definition) is 1. The van der Waals surface area contributed by atoms with Crippen molar-refractivity contribution in [3.05, 3.63) is 16.5 Å². The maximum absolute atomic E-state index is 12.4. The van der Waals surface area contributed by atoms with Gasteiger partial charge in [0, 0.05) is 19.1 Å². The van der Waals surface area contributed by atoms with Crippen LogP contribution >= 0.6 is 22.9 Å². The first-order valence-corrected chi connectivity index (χ1v) is 8.70. The fraction of sp³-hybridized carbons (Fsp3) is 0.636. The molecule has 1 aromatic rings. The molecule has 1 N–H and O–H groups in total. The predicted octanol–water partition coefficient (Wildman–Crippen LogP) is 1.77. The normalized spacial score (nSPS) is 29.4. The quantitative estimate of drug-likeness (QED) is 0.906. The van der Waals surface area contributed by atoms with E-state index < -0.39 is 10.0 Å². The third kappa shape index (κ3) is 2.20. The Bertz CT molecular complexity index is 529. The summed E-state index contributed by atoms with van der Waals surface area (Å²) >= 11 is 6.95. The highest BCUT2D eigenvalue weighted by Gasteiger charge is 2.40. The highest BCUT2D eigenvalue weighted by molar-refractivity contribution is 7.91. The minimum atomic E-state index is -3.35. The van der Waals surface area contributed by atoms with Crippen molar-refractivity contribution in [1.82, 2.24) is 9.62 Å². The summed E-state index contributed by atoms with van der Waals surface area (Å²) in [6.45, 7) is 2.22. The SMILES string of the molecule is O=S(=O)(c1ccc(Cl)s1)N1C[C@@H]2CCCN[C@@H]2C1. The largest absolute Gasteiger partial charge is 0.312 e. The number of hydrogen-bond acceptors (Lipinski definition) is 4. The lowest BCUT2D eigenvalue weighted by atomic mass is 9.94.